The van der Waals surface area contributed by atoms with Crippen LogP contribution in [0.4, 0.5) is 5.69 Å². The molecule has 2 aromatic rings. The van der Waals surface area contributed by atoms with Gasteiger partial charge in [0.2, 0.25) is 0 Å². The van der Waals surface area contributed by atoms with Gasteiger partial charge in [-0.2, -0.15) is 0 Å². The van der Waals surface area contributed by atoms with Crippen molar-refractivity contribution in [2.45, 2.75) is 6.42 Å². The molecule has 1 aromatic heterocycles. The minimum Gasteiger partial charge on any atom is -0.493 e. The number of carbonyl (C=O) groups is 1. The number of hydrogen-bond acceptors (Lipinski definition) is 5. The first-order valence-corrected chi connectivity index (χ1v) is 7.98. The fraction of sp³-hybridized carbons (Fsp3) is 0.263. The first-order chi connectivity index (χ1) is 12.2. The molecule has 6 heteroatoms. The van der Waals surface area contributed by atoms with Gasteiger partial charge in [-0.1, -0.05) is 12.1 Å². The van der Waals surface area contributed by atoms with Crippen LogP contribution in [0.15, 0.2) is 49.2 Å². The number of methoxy groups -OCH3 is 2. The monoisotopic (exact) mass is 341 g/mol. The third kappa shape index (κ3) is 5.24. The third-order valence-electron chi connectivity index (χ3n) is 3.59. The van der Waals surface area contributed by atoms with Crippen LogP contribution in [0.25, 0.3) is 0 Å². The van der Waals surface area contributed by atoms with Crippen LogP contribution >= 0.6 is 0 Å². The molecule has 6 nitrogen and oxygen atoms in total. The summed E-state index contributed by atoms with van der Waals surface area (Å²) < 4.78 is 10.5. The first kappa shape index (κ1) is 18.3. The van der Waals surface area contributed by atoms with Crippen molar-refractivity contribution in [3.05, 3.63) is 60.4 Å². The molecule has 0 fully saturated rings. The van der Waals surface area contributed by atoms with Crippen molar-refractivity contribution in [2.75, 3.05) is 32.6 Å². The molecular weight excluding hydrogens is 318 g/mol. The zero-order valence-electron chi connectivity index (χ0n) is 14.5. The second kappa shape index (κ2) is 9.32. The van der Waals surface area contributed by atoms with Crippen LogP contribution in [0.3, 0.4) is 0 Å². The van der Waals surface area contributed by atoms with Gasteiger partial charge in [-0.25, -0.2) is 0 Å². The average Bonchev–Trinajstić information content (AvgIpc) is 2.66. The van der Waals surface area contributed by atoms with Crippen molar-refractivity contribution >= 4 is 11.6 Å². The number of amides is 1. The molecule has 1 aromatic carbocycles. The molecule has 0 aliphatic heterocycles. The summed E-state index contributed by atoms with van der Waals surface area (Å²) in [5.41, 5.74) is 2.35. The normalized spacial score (nSPS) is 10.0. The maximum Gasteiger partial charge on any atom is 0.270 e. The van der Waals surface area contributed by atoms with Crippen molar-refractivity contribution in [3.8, 4) is 11.5 Å². The number of nitrogens with one attached hydrogen (secondary N) is 2. The molecular formula is C19H23N3O3. The smallest absolute Gasteiger partial charge is 0.270 e. The Bertz CT molecular complexity index is 732. The Morgan fingerprint density at radius 3 is 2.72 bits per heavy atom. The Morgan fingerprint density at radius 1 is 1.20 bits per heavy atom. The van der Waals surface area contributed by atoms with E-state index in [1.807, 2.05) is 24.3 Å². The topological polar surface area (TPSA) is 72.5 Å². The lowest BCUT2D eigenvalue weighted by molar-refractivity contribution is 0.0953. The van der Waals surface area contributed by atoms with Crippen LogP contribution in [0, 0.1) is 0 Å². The highest BCUT2D eigenvalue weighted by atomic mass is 16.5. The largest absolute Gasteiger partial charge is 0.493 e. The number of rotatable bonds is 9. The quantitative estimate of drug-likeness (QED) is 0.686. The highest BCUT2D eigenvalue weighted by molar-refractivity contribution is 5.93. The Morgan fingerprint density at radius 2 is 2.00 bits per heavy atom. The zero-order valence-corrected chi connectivity index (χ0v) is 14.5. The highest BCUT2D eigenvalue weighted by Crippen LogP contribution is 2.27. The van der Waals surface area contributed by atoms with Crippen molar-refractivity contribution in [3.63, 3.8) is 0 Å². The molecule has 1 heterocycles. The molecule has 132 valence electrons. The van der Waals surface area contributed by atoms with Gasteiger partial charge in [-0.05, 0) is 36.2 Å². The standard InChI is InChI=1S/C19H23N3O3/c1-4-9-22-19(23)16-13-15(8-11-21-16)20-10-7-14-5-6-17(24-2)18(12-14)25-3/h4-6,8,11-13H,1,7,9-10H2,2-3H3,(H,20,21)(H,22,23). The van der Waals surface area contributed by atoms with Crippen LogP contribution in [-0.4, -0.2) is 38.2 Å². The Labute approximate surface area is 147 Å². The number of ether oxygens (including phenoxy) is 2. The molecule has 0 aliphatic carbocycles. The second-order valence-corrected chi connectivity index (χ2v) is 5.29. The van der Waals surface area contributed by atoms with Crippen molar-refractivity contribution in [1.82, 2.24) is 10.3 Å². The SMILES string of the molecule is C=CCNC(=O)c1cc(NCCc2ccc(OC)c(OC)c2)ccn1. The van der Waals surface area contributed by atoms with E-state index in [-0.39, 0.29) is 5.91 Å². The number of benzene rings is 1. The van der Waals surface area contributed by atoms with Gasteiger partial charge in [0.25, 0.3) is 5.91 Å². The van der Waals surface area contributed by atoms with Gasteiger partial charge in [0.1, 0.15) is 5.69 Å². The Balaban J connectivity index is 1.93. The van der Waals surface area contributed by atoms with Gasteiger partial charge in [-0.3, -0.25) is 9.78 Å². The summed E-state index contributed by atoms with van der Waals surface area (Å²) in [5.74, 6) is 1.21. The number of anilines is 1. The molecule has 0 saturated heterocycles. The lowest BCUT2D eigenvalue weighted by atomic mass is 10.1. The zero-order chi connectivity index (χ0) is 18.1. The Hall–Kier alpha value is -3.02. The number of pyridine rings is 1. The lowest BCUT2D eigenvalue weighted by Crippen LogP contribution is -2.24. The average molecular weight is 341 g/mol. The van der Waals surface area contributed by atoms with Gasteiger partial charge >= 0.3 is 0 Å². The molecule has 0 bridgehead atoms. The van der Waals surface area contributed by atoms with Crippen LogP contribution < -0.4 is 20.1 Å². The predicted octanol–water partition coefficient (Wildman–Crippen LogP) is 2.67. The van der Waals surface area contributed by atoms with E-state index in [2.05, 4.69) is 22.2 Å². The van der Waals surface area contributed by atoms with Gasteiger partial charge in [-0.15, -0.1) is 6.58 Å². The van der Waals surface area contributed by atoms with Crippen molar-refractivity contribution in [1.29, 1.82) is 0 Å². The fourth-order valence-corrected chi connectivity index (χ4v) is 2.31. The van der Waals surface area contributed by atoms with Gasteiger partial charge in [0.15, 0.2) is 11.5 Å². The molecule has 25 heavy (non-hydrogen) atoms. The van der Waals surface area contributed by atoms with E-state index >= 15 is 0 Å². The fourth-order valence-electron chi connectivity index (χ4n) is 2.31. The predicted molar refractivity (Wildman–Crippen MR) is 98.5 cm³/mol. The summed E-state index contributed by atoms with van der Waals surface area (Å²) in [6.45, 7) is 4.70. The molecule has 0 radical (unpaired) electrons. The maximum absolute atomic E-state index is 11.9. The minimum absolute atomic E-state index is 0.219. The van der Waals surface area contributed by atoms with E-state index in [4.69, 9.17) is 9.47 Å². The second-order valence-electron chi connectivity index (χ2n) is 5.29. The molecule has 2 N–H and O–H groups in total. The molecule has 0 aliphatic rings. The number of nitrogens with zero attached hydrogens (tertiary/aromatic N) is 1. The number of aromatic nitrogens is 1. The van der Waals surface area contributed by atoms with Crippen molar-refractivity contribution < 1.29 is 14.3 Å². The Kier molecular flexibility index (Phi) is 6.83. The van der Waals surface area contributed by atoms with Crippen molar-refractivity contribution in [2.24, 2.45) is 0 Å². The van der Waals surface area contributed by atoms with Gasteiger partial charge in [0, 0.05) is 25.0 Å². The number of hydrogen-bond donors (Lipinski definition) is 2. The summed E-state index contributed by atoms with van der Waals surface area (Å²) >= 11 is 0. The van der Waals surface area contributed by atoms with E-state index < -0.39 is 0 Å². The first-order valence-electron chi connectivity index (χ1n) is 7.98. The molecule has 1 amide bonds. The summed E-state index contributed by atoms with van der Waals surface area (Å²) in [4.78, 5) is 16.0. The van der Waals surface area contributed by atoms with E-state index in [1.54, 1.807) is 32.6 Å². The number of carbonyl (C=O) groups excluding carboxylic acids is 1. The van der Waals surface area contributed by atoms with E-state index in [0.717, 1.165) is 17.7 Å². The summed E-state index contributed by atoms with van der Waals surface area (Å²) in [7, 11) is 3.24. The van der Waals surface area contributed by atoms with Crippen LogP contribution in [-0.2, 0) is 6.42 Å². The van der Waals surface area contributed by atoms with Crippen LogP contribution in [0.2, 0.25) is 0 Å². The van der Waals surface area contributed by atoms with Gasteiger partial charge < -0.3 is 20.1 Å². The van der Waals surface area contributed by atoms with Crippen LogP contribution in [0.5, 0.6) is 11.5 Å². The third-order valence-corrected chi connectivity index (χ3v) is 3.59. The highest BCUT2D eigenvalue weighted by Gasteiger charge is 2.07. The molecule has 0 atom stereocenters. The molecule has 0 spiro atoms. The van der Waals surface area contributed by atoms with E-state index in [9.17, 15) is 4.79 Å². The van der Waals surface area contributed by atoms with E-state index in [1.165, 1.54) is 0 Å². The molecule has 0 saturated carbocycles. The lowest BCUT2D eigenvalue weighted by Gasteiger charge is -2.11. The maximum atomic E-state index is 11.9. The van der Waals surface area contributed by atoms with Gasteiger partial charge in [0.05, 0.1) is 14.2 Å². The summed E-state index contributed by atoms with van der Waals surface area (Å²) in [5, 5.41) is 6.01. The minimum atomic E-state index is -0.219. The molecule has 2 rings (SSSR count). The van der Waals surface area contributed by atoms with Crippen LogP contribution in [0.1, 0.15) is 16.1 Å². The van der Waals surface area contributed by atoms with E-state index in [0.29, 0.717) is 30.3 Å². The molecule has 0 unspecified atom stereocenters. The summed E-state index contributed by atoms with van der Waals surface area (Å²) in [6, 6.07) is 9.42. The summed E-state index contributed by atoms with van der Waals surface area (Å²) in [6.07, 6.45) is 4.05.